The first kappa shape index (κ1) is 16.3. The Balaban J connectivity index is 2.24. The van der Waals surface area contributed by atoms with Gasteiger partial charge in [0.05, 0.1) is 7.11 Å². The van der Waals surface area contributed by atoms with Gasteiger partial charge in [-0.3, -0.25) is 4.79 Å². The van der Waals surface area contributed by atoms with Gasteiger partial charge in [0.15, 0.2) is 5.69 Å². The van der Waals surface area contributed by atoms with Crippen molar-refractivity contribution in [1.82, 2.24) is 9.88 Å². The molecule has 0 bridgehead atoms. The summed E-state index contributed by atoms with van der Waals surface area (Å²) in [6.07, 6.45) is 5.15. The number of unbranched alkanes of at least 4 members (excludes halogenated alkanes) is 1. The summed E-state index contributed by atoms with van der Waals surface area (Å²) in [6, 6.07) is 3.05. The highest BCUT2D eigenvalue weighted by Crippen LogP contribution is 2.25. The molecule has 6 heteroatoms. The lowest BCUT2D eigenvalue weighted by atomic mass is 10.1. The zero-order valence-corrected chi connectivity index (χ0v) is 13.0. The predicted octanol–water partition coefficient (Wildman–Crippen LogP) is 2.58. The van der Waals surface area contributed by atoms with Crippen LogP contribution in [0.4, 0.5) is 0 Å². The van der Waals surface area contributed by atoms with E-state index in [-0.39, 0.29) is 23.3 Å². The third-order valence-corrected chi connectivity index (χ3v) is 4.00. The number of ether oxygens (including phenoxy) is 1. The topological polar surface area (TPSA) is 79.7 Å². The maximum absolute atomic E-state index is 12.7. The van der Waals surface area contributed by atoms with Crippen LogP contribution in [0, 0.1) is 0 Å². The molecule has 2 rings (SSSR count). The maximum atomic E-state index is 12.7. The second-order valence-corrected chi connectivity index (χ2v) is 5.52. The lowest BCUT2D eigenvalue weighted by Gasteiger charge is -2.24. The third-order valence-electron chi connectivity index (χ3n) is 4.00. The molecule has 6 nitrogen and oxygen atoms in total. The Morgan fingerprint density at radius 3 is 2.77 bits per heavy atom. The molecule has 0 radical (unpaired) electrons. The minimum Gasteiger partial charge on any atom is -0.497 e. The fourth-order valence-corrected chi connectivity index (χ4v) is 2.83. The molecular formula is C16H22N2O4. The van der Waals surface area contributed by atoms with Gasteiger partial charge in [-0.05, 0) is 19.3 Å². The monoisotopic (exact) mass is 306 g/mol. The highest BCUT2D eigenvalue weighted by molar-refractivity contribution is 5.95. The lowest BCUT2D eigenvalue weighted by molar-refractivity contribution is 0.0688. The van der Waals surface area contributed by atoms with E-state index < -0.39 is 5.97 Å². The number of hydrogen-bond donors (Lipinski definition) is 1. The predicted molar refractivity (Wildman–Crippen MR) is 81.3 cm³/mol. The molecule has 1 amide bonds. The van der Waals surface area contributed by atoms with Crippen LogP contribution in [0.2, 0.25) is 0 Å². The summed E-state index contributed by atoms with van der Waals surface area (Å²) in [4.78, 5) is 29.6. The number of nitrogens with zero attached hydrogens (tertiary/aromatic N) is 2. The van der Waals surface area contributed by atoms with Gasteiger partial charge in [0.1, 0.15) is 11.4 Å². The molecule has 0 spiro atoms. The molecule has 1 aliphatic rings. The number of carboxylic acid groups (broad SMARTS) is 1. The fourth-order valence-electron chi connectivity index (χ4n) is 2.83. The van der Waals surface area contributed by atoms with Gasteiger partial charge in [0, 0.05) is 24.7 Å². The number of methoxy groups -OCH3 is 1. The quantitative estimate of drug-likeness (QED) is 0.873. The molecule has 0 aliphatic carbocycles. The van der Waals surface area contributed by atoms with Gasteiger partial charge in [-0.25, -0.2) is 9.78 Å². The van der Waals surface area contributed by atoms with E-state index >= 15 is 0 Å². The second-order valence-electron chi connectivity index (χ2n) is 5.52. The van der Waals surface area contributed by atoms with Crippen LogP contribution in [-0.4, -0.2) is 46.6 Å². The number of pyridine rings is 1. The first-order chi connectivity index (χ1) is 10.6. The highest BCUT2D eigenvalue weighted by atomic mass is 16.5. The average Bonchev–Trinajstić information content (AvgIpc) is 2.99. The first-order valence-electron chi connectivity index (χ1n) is 7.67. The van der Waals surface area contributed by atoms with Crippen LogP contribution >= 0.6 is 0 Å². The number of amides is 1. The molecule has 1 fully saturated rings. The SMILES string of the molecule is CCCC[C@H]1CCCN1C(=O)c1cc(OC)cc(C(=O)O)n1. The van der Waals surface area contributed by atoms with Crippen LogP contribution in [0.25, 0.3) is 0 Å². The highest BCUT2D eigenvalue weighted by Gasteiger charge is 2.30. The molecule has 2 heterocycles. The molecule has 22 heavy (non-hydrogen) atoms. The van der Waals surface area contributed by atoms with Gasteiger partial charge in [0.25, 0.3) is 5.91 Å². The molecule has 0 unspecified atom stereocenters. The van der Waals surface area contributed by atoms with Crippen molar-refractivity contribution < 1.29 is 19.4 Å². The summed E-state index contributed by atoms with van der Waals surface area (Å²) in [6.45, 7) is 2.83. The molecular weight excluding hydrogens is 284 g/mol. The van der Waals surface area contributed by atoms with Crippen LogP contribution in [0.15, 0.2) is 12.1 Å². The van der Waals surface area contributed by atoms with E-state index in [0.717, 1.165) is 32.1 Å². The van der Waals surface area contributed by atoms with E-state index in [2.05, 4.69) is 11.9 Å². The maximum Gasteiger partial charge on any atom is 0.354 e. The summed E-state index contributed by atoms with van der Waals surface area (Å²) in [5.74, 6) is -1.04. The van der Waals surface area contributed by atoms with Crippen LogP contribution in [0.3, 0.4) is 0 Å². The smallest absolute Gasteiger partial charge is 0.354 e. The van der Waals surface area contributed by atoms with E-state index in [1.54, 1.807) is 0 Å². The summed E-state index contributed by atoms with van der Waals surface area (Å²) in [7, 11) is 1.44. The molecule has 1 N–H and O–H groups in total. The van der Waals surface area contributed by atoms with Crippen molar-refractivity contribution in [2.24, 2.45) is 0 Å². The molecule has 1 atom stereocenters. The summed E-state index contributed by atoms with van der Waals surface area (Å²) >= 11 is 0. The third kappa shape index (κ3) is 3.55. The second kappa shape index (κ2) is 7.24. The molecule has 1 aromatic heterocycles. The number of aromatic carboxylic acids is 1. The van der Waals surface area contributed by atoms with Crippen LogP contribution in [0.1, 0.15) is 60.0 Å². The van der Waals surface area contributed by atoms with E-state index in [1.165, 1.54) is 19.2 Å². The number of aromatic nitrogens is 1. The van der Waals surface area contributed by atoms with Gasteiger partial charge >= 0.3 is 5.97 Å². The van der Waals surface area contributed by atoms with Crippen molar-refractivity contribution in [3.05, 3.63) is 23.5 Å². The number of carboxylic acids is 1. The Kier molecular flexibility index (Phi) is 5.35. The Morgan fingerprint density at radius 2 is 2.14 bits per heavy atom. The number of carbonyl (C=O) groups is 2. The molecule has 0 saturated carbocycles. The lowest BCUT2D eigenvalue weighted by Crippen LogP contribution is -2.36. The van der Waals surface area contributed by atoms with Crippen molar-refractivity contribution in [1.29, 1.82) is 0 Å². The molecule has 1 saturated heterocycles. The Labute approximate surface area is 130 Å². The van der Waals surface area contributed by atoms with Crippen molar-refractivity contribution >= 4 is 11.9 Å². The van der Waals surface area contributed by atoms with E-state index in [4.69, 9.17) is 9.84 Å². The van der Waals surface area contributed by atoms with Gasteiger partial charge < -0.3 is 14.7 Å². The van der Waals surface area contributed by atoms with Crippen LogP contribution in [0.5, 0.6) is 5.75 Å². The summed E-state index contributed by atoms with van der Waals surface area (Å²) in [5, 5.41) is 9.10. The van der Waals surface area contributed by atoms with Gasteiger partial charge in [-0.15, -0.1) is 0 Å². The number of carbonyl (C=O) groups excluding carboxylic acids is 1. The zero-order chi connectivity index (χ0) is 16.1. The van der Waals surface area contributed by atoms with Crippen molar-refractivity contribution in [3.8, 4) is 5.75 Å². The molecule has 1 aromatic rings. The number of likely N-dealkylation sites (tertiary alicyclic amines) is 1. The van der Waals surface area contributed by atoms with Crippen LogP contribution in [-0.2, 0) is 0 Å². The van der Waals surface area contributed by atoms with Crippen LogP contribution < -0.4 is 4.74 Å². The van der Waals surface area contributed by atoms with Crippen molar-refractivity contribution in [2.45, 2.75) is 45.1 Å². The Hall–Kier alpha value is -2.11. The summed E-state index contributed by atoms with van der Waals surface area (Å²) < 4.78 is 5.08. The number of rotatable bonds is 6. The molecule has 0 aromatic carbocycles. The zero-order valence-electron chi connectivity index (χ0n) is 13.0. The average molecular weight is 306 g/mol. The first-order valence-corrected chi connectivity index (χ1v) is 7.67. The standard InChI is InChI=1S/C16H22N2O4/c1-3-4-6-11-7-5-8-18(11)15(19)13-9-12(22-2)10-14(17-13)16(20)21/h9-11H,3-8H2,1-2H3,(H,20,21)/t11-/m0/s1. The normalized spacial score (nSPS) is 17.5. The summed E-state index contributed by atoms with van der Waals surface area (Å²) in [5.41, 5.74) is -0.0350. The van der Waals surface area contributed by atoms with E-state index in [1.807, 2.05) is 4.90 Å². The van der Waals surface area contributed by atoms with E-state index in [9.17, 15) is 9.59 Å². The Morgan fingerprint density at radius 1 is 1.41 bits per heavy atom. The molecule has 120 valence electrons. The minimum atomic E-state index is -1.17. The van der Waals surface area contributed by atoms with Gasteiger partial charge in [-0.2, -0.15) is 0 Å². The minimum absolute atomic E-state index is 0.139. The van der Waals surface area contributed by atoms with Gasteiger partial charge in [-0.1, -0.05) is 19.8 Å². The van der Waals surface area contributed by atoms with Crippen molar-refractivity contribution in [2.75, 3.05) is 13.7 Å². The fraction of sp³-hybridized carbons (Fsp3) is 0.562. The largest absolute Gasteiger partial charge is 0.497 e. The van der Waals surface area contributed by atoms with E-state index in [0.29, 0.717) is 12.3 Å². The Bertz CT molecular complexity index is 559. The van der Waals surface area contributed by atoms with Crippen molar-refractivity contribution in [3.63, 3.8) is 0 Å². The number of hydrogen-bond acceptors (Lipinski definition) is 4. The molecule has 1 aliphatic heterocycles. The van der Waals surface area contributed by atoms with Gasteiger partial charge in [0.2, 0.25) is 0 Å².